The maximum Gasteiger partial charge on any atom is 0.343 e. The number of nitrogens with one attached hydrogen (secondary N) is 2. The van der Waals surface area contributed by atoms with E-state index in [4.69, 9.17) is 4.74 Å². The first-order valence-electron chi connectivity index (χ1n) is 6.21. The SMILES string of the molecule is C[NH+]1CC[NH+]([C@H]2OC(=O)c3ccccc32)CC1. The number of esters is 1. The number of fused-ring (bicyclic) bond motifs is 1. The average Bonchev–Trinajstić information content (AvgIpc) is 2.69. The van der Waals surface area contributed by atoms with Gasteiger partial charge in [0.2, 0.25) is 0 Å². The molecule has 1 fully saturated rings. The number of rotatable bonds is 1. The molecule has 2 aliphatic rings. The zero-order chi connectivity index (χ0) is 11.8. The van der Waals surface area contributed by atoms with Gasteiger partial charge in [-0.15, -0.1) is 0 Å². The van der Waals surface area contributed by atoms with Crippen LogP contribution in [0.15, 0.2) is 24.3 Å². The standard InChI is InChI=1S/C13H16N2O2/c1-14-6-8-15(9-7-14)12-10-4-2-3-5-11(10)13(16)17-12/h2-5,12H,6-9H2,1H3/p+2/t12-/m0/s1. The van der Waals surface area contributed by atoms with Crippen LogP contribution in [0.1, 0.15) is 22.1 Å². The maximum atomic E-state index is 11.7. The lowest BCUT2D eigenvalue weighted by Crippen LogP contribution is -3.27. The first kappa shape index (κ1) is 10.7. The average molecular weight is 234 g/mol. The topological polar surface area (TPSA) is 35.2 Å². The molecule has 1 atom stereocenters. The van der Waals surface area contributed by atoms with Crippen molar-refractivity contribution in [2.24, 2.45) is 0 Å². The van der Waals surface area contributed by atoms with E-state index < -0.39 is 0 Å². The van der Waals surface area contributed by atoms with Crippen LogP contribution < -0.4 is 9.80 Å². The number of carbonyl (C=O) groups is 1. The van der Waals surface area contributed by atoms with E-state index in [-0.39, 0.29) is 12.2 Å². The van der Waals surface area contributed by atoms with E-state index in [2.05, 4.69) is 7.05 Å². The number of cyclic esters (lactones) is 1. The lowest BCUT2D eigenvalue weighted by molar-refractivity contribution is -1.03. The van der Waals surface area contributed by atoms with Crippen LogP contribution in [0.4, 0.5) is 0 Å². The summed E-state index contributed by atoms with van der Waals surface area (Å²) in [6, 6.07) is 7.75. The van der Waals surface area contributed by atoms with Crippen molar-refractivity contribution in [2.75, 3.05) is 33.2 Å². The van der Waals surface area contributed by atoms with Gasteiger partial charge in [0.1, 0.15) is 26.2 Å². The molecule has 90 valence electrons. The lowest BCUT2D eigenvalue weighted by Gasteiger charge is -2.30. The van der Waals surface area contributed by atoms with Gasteiger partial charge in [-0.25, -0.2) is 4.79 Å². The third-order valence-electron chi connectivity index (χ3n) is 3.80. The number of likely N-dealkylation sites (N-methyl/N-ethyl adjacent to an activating group) is 1. The fourth-order valence-electron chi connectivity index (χ4n) is 2.71. The van der Waals surface area contributed by atoms with E-state index in [1.807, 2.05) is 24.3 Å². The van der Waals surface area contributed by atoms with Gasteiger partial charge in [0.15, 0.2) is 0 Å². The Hall–Kier alpha value is -1.39. The van der Waals surface area contributed by atoms with Crippen LogP contribution in [0.25, 0.3) is 0 Å². The van der Waals surface area contributed by atoms with Gasteiger partial charge in [0, 0.05) is 0 Å². The van der Waals surface area contributed by atoms with E-state index >= 15 is 0 Å². The van der Waals surface area contributed by atoms with Gasteiger partial charge in [-0.3, -0.25) is 4.90 Å². The Morgan fingerprint density at radius 2 is 1.88 bits per heavy atom. The summed E-state index contributed by atoms with van der Waals surface area (Å²) in [5.74, 6) is -0.163. The van der Waals surface area contributed by atoms with Crippen LogP contribution in [-0.4, -0.2) is 39.2 Å². The monoisotopic (exact) mass is 234 g/mol. The van der Waals surface area contributed by atoms with Gasteiger partial charge in [-0.05, 0) is 12.1 Å². The molecule has 0 bridgehead atoms. The van der Waals surface area contributed by atoms with Crippen molar-refractivity contribution in [3.63, 3.8) is 0 Å². The molecule has 0 unspecified atom stereocenters. The second kappa shape index (κ2) is 4.13. The van der Waals surface area contributed by atoms with Crippen LogP contribution in [-0.2, 0) is 4.74 Å². The second-order valence-corrected chi connectivity index (χ2v) is 4.99. The molecule has 1 aromatic rings. The molecule has 17 heavy (non-hydrogen) atoms. The van der Waals surface area contributed by atoms with Gasteiger partial charge in [-0.2, -0.15) is 0 Å². The van der Waals surface area contributed by atoms with E-state index in [9.17, 15) is 4.79 Å². The number of hydrogen-bond acceptors (Lipinski definition) is 2. The molecule has 0 spiro atoms. The maximum absolute atomic E-state index is 11.7. The van der Waals surface area contributed by atoms with Crippen molar-refractivity contribution >= 4 is 5.97 Å². The summed E-state index contributed by atoms with van der Waals surface area (Å²) >= 11 is 0. The summed E-state index contributed by atoms with van der Waals surface area (Å²) in [5.41, 5.74) is 1.81. The Labute approximate surface area is 101 Å². The molecule has 0 saturated carbocycles. The zero-order valence-corrected chi connectivity index (χ0v) is 10.0. The van der Waals surface area contributed by atoms with Crippen molar-refractivity contribution in [1.82, 2.24) is 0 Å². The summed E-state index contributed by atoms with van der Waals surface area (Å²) in [6.07, 6.45) is -0.0770. The largest absolute Gasteiger partial charge is 0.404 e. The van der Waals surface area contributed by atoms with Crippen molar-refractivity contribution in [3.05, 3.63) is 35.4 Å². The molecule has 0 aliphatic carbocycles. The number of hydrogen-bond donors (Lipinski definition) is 2. The highest BCUT2D eigenvalue weighted by molar-refractivity contribution is 5.93. The Morgan fingerprint density at radius 1 is 1.18 bits per heavy atom. The quantitative estimate of drug-likeness (QED) is 0.566. The molecule has 4 nitrogen and oxygen atoms in total. The van der Waals surface area contributed by atoms with Crippen molar-refractivity contribution in [1.29, 1.82) is 0 Å². The van der Waals surface area contributed by atoms with E-state index in [0.29, 0.717) is 0 Å². The minimum Gasteiger partial charge on any atom is -0.404 e. The van der Waals surface area contributed by atoms with Crippen LogP contribution in [0.5, 0.6) is 0 Å². The summed E-state index contributed by atoms with van der Waals surface area (Å²) in [4.78, 5) is 14.7. The molecule has 2 N–H and O–H groups in total. The third kappa shape index (κ3) is 1.83. The molecule has 0 radical (unpaired) electrons. The fraction of sp³-hybridized carbons (Fsp3) is 0.462. The summed E-state index contributed by atoms with van der Waals surface area (Å²) < 4.78 is 5.52. The molecular formula is C13H18N2O2+2. The Morgan fingerprint density at radius 3 is 2.65 bits per heavy atom. The molecule has 1 aromatic carbocycles. The Bertz CT molecular complexity index is 439. The Balaban J connectivity index is 1.84. The molecule has 2 aliphatic heterocycles. The lowest BCUT2D eigenvalue weighted by atomic mass is 10.1. The van der Waals surface area contributed by atoms with Crippen LogP contribution in [0.2, 0.25) is 0 Å². The van der Waals surface area contributed by atoms with Crippen molar-refractivity contribution in [3.8, 4) is 0 Å². The highest BCUT2D eigenvalue weighted by Gasteiger charge is 2.39. The highest BCUT2D eigenvalue weighted by atomic mass is 16.6. The number of carbonyl (C=O) groups excluding carboxylic acids is 1. The fourth-order valence-corrected chi connectivity index (χ4v) is 2.71. The van der Waals surface area contributed by atoms with Crippen molar-refractivity contribution in [2.45, 2.75) is 6.23 Å². The second-order valence-electron chi connectivity index (χ2n) is 4.99. The normalized spacial score (nSPS) is 32.1. The van der Waals surface area contributed by atoms with Crippen LogP contribution in [0, 0.1) is 0 Å². The Kier molecular flexibility index (Phi) is 2.61. The molecule has 2 heterocycles. The van der Waals surface area contributed by atoms with E-state index in [1.54, 1.807) is 4.90 Å². The van der Waals surface area contributed by atoms with Crippen LogP contribution >= 0.6 is 0 Å². The minimum atomic E-state index is -0.163. The predicted molar refractivity (Wildman–Crippen MR) is 61.9 cm³/mol. The smallest absolute Gasteiger partial charge is 0.343 e. The molecule has 0 aromatic heterocycles. The molecule has 4 heteroatoms. The molecular weight excluding hydrogens is 216 g/mol. The highest BCUT2D eigenvalue weighted by Crippen LogP contribution is 2.25. The molecule has 3 rings (SSSR count). The minimum absolute atomic E-state index is 0.0770. The summed E-state index contributed by atoms with van der Waals surface area (Å²) in [7, 11) is 2.21. The van der Waals surface area contributed by atoms with Gasteiger partial charge < -0.3 is 9.64 Å². The van der Waals surface area contributed by atoms with Crippen molar-refractivity contribution < 1.29 is 19.3 Å². The first-order valence-corrected chi connectivity index (χ1v) is 6.21. The molecule has 0 amide bonds. The van der Waals surface area contributed by atoms with Gasteiger partial charge in [0.05, 0.1) is 18.2 Å². The van der Waals surface area contributed by atoms with Gasteiger partial charge in [0.25, 0.3) is 6.23 Å². The third-order valence-corrected chi connectivity index (χ3v) is 3.80. The first-order chi connectivity index (χ1) is 8.25. The predicted octanol–water partition coefficient (Wildman–Crippen LogP) is -1.73. The number of ether oxygens (including phenoxy) is 1. The molecule has 1 saturated heterocycles. The summed E-state index contributed by atoms with van der Waals surface area (Å²) in [6.45, 7) is 4.42. The van der Waals surface area contributed by atoms with Gasteiger partial charge >= 0.3 is 5.97 Å². The van der Waals surface area contributed by atoms with E-state index in [0.717, 1.165) is 37.3 Å². The number of benzene rings is 1. The summed E-state index contributed by atoms with van der Waals surface area (Å²) in [5, 5.41) is 0. The zero-order valence-electron chi connectivity index (χ0n) is 10.0. The number of quaternary nitrogens is 2. The van der Waals surface area contributed by atoms with E-state index in [1.165, 1.54) is 4.90 Å². The number of piperazine rings is 1. The van der Waals surface area contributed by atoms with Gasteiger partial charge in [-0.1, -0.05) is 12.1 Å². The van der Waals surface area contributed by atoms with Crippen LogP contribution in [0.3, 0.4) is 0 Å².